The summed E-state index contributed by atoms with van der Waals surface area (Å²) < 4.78 is 9.98. The van der Waals surface area contributed by atoms with Crippen LogP contribution in [-0.2, 0) is 17.8 Å². The molecule has 0 saturated heterocycles. The van der Waals surface area contributed by atoms with Crippen LogP contribution in [0.1, 0.15) is 29.9 Å². The van der Waals surface area contributed by atoms with Crippen LogP contribution in [0.15, 0.2) is 29.1 Å². The third-order valence-corrected chi connectivity index (χ3v) is 6.56. The van der Waals surface area contributed by atoms with E-state index in [-0.39, 0.29) is 11.2 Å². The van der Waals surface area contributed by atoms with Gasteiger partial charge >= 0.3 is 0 Å². The number of aryl methyl sites for hydroxylation is 1. The van der Waals surface area contributed by atoms with E-state index in [2.05, 4.69) is 24.0 Å². The minimum atomic E-state index is -0.298. The molecule has 1 aromatic carbocycles. The molecule has 1 N–H and O–H groups in total. The Labute approximate surface area is 164 Å². The molecule has 138 valence electrons. The zero-order chi connectivity index (χ0) is 18.9. The van der Waals surface area contributed by atoms with Gasteiger partial charge in [-0.15, -0.1) is 16.4 Å². The largest absolute Gasteiger partial charge is 0.370 e. The van der Waals surface area contributed by atoms with E-state index in [4.69, 9.17) is 17.0 Å². The molecule has 0 unspecified atom stereocenters. The highest BCUT2D eigenvalue weighted by molar-refractivity contribution is 7.71. The maximum Gasteiger partial charge on any atom is 0.268 e. The average Bonchev–Trinajstić information content (AvgIpc) is 3.16. The third-order valence-electron chi connectivity index (χ3n) is 5.10. The van der Waals surface area contributed by atoms with Crippen molar-refractivity contribution in [2.24, 2.45) is 0 Å². The molecule has 1 aliphatic heterocycles. The molecule has 27 heavy (non-hydrogen) atoms. The molecule has 0 spiro atoms. The molecule has 0 radical (unpaired) electrons. The van der Waals surface area contributed by atoms with Crippen molar-refractivity contribution >= 4 is 39.5 Å². The second-order valence-corrected chi connectivity index (χ2v) is 8.97. The summed E-state index contributed by atoms with van der Waals surface area (Å²) in [6, 6.07) is 7.81. The number of hydrogen-bond acceptors (Lipinski definition) is 5. The number of hydrogen-bond donors (Lipinski definition) is 1. The number of benzene rings is 1. The van der Waals surface area contributed by atoms with Crippen LogP contribution in [0.2, 0.25) is 0 Å². The van der Waals surface area contributed by atoms with E-state index in [1.807, 2.05) is 35.6 Å². The molecule has 0 saturated carbocycles. The molecule has 3 aromatic heterocycles. The summed E-state index contributed by atoms with van der Waals surface area (Å²) in [6.07, 6.45) is 0.696. The van der Waals surface area contributed by atoms with Crippen molar-refractivity contribution < 1.29 is 4.74 Å². The van der Waals surface area contributed by atoms with E-state index >= 15 is 0 Å². The Kier molecular flexibility index (Phi) is 3.50. The Balaban J connectivity index is 2.00. The summed E-state index contributed by atoms with van der Waals surface area (Å²) in [7, 11) is 0. The number of aromatic nitrogens is 4. The van der Waals surface area contributed by atoms with Gasteiger partial charge in [0.05, 0.1) is 23.3 Å². The number of ether oxygens (including phenoxy) is 1. The number of para-hydroxylation sites is 1. The van der Waals surface area contributed by atoms with Crippen LogP contribution >= 0.6 is 23.6 Å². The standard InChI is InChI=1S/C19H18N4O2S2/c1-10-6-4-5-7-12(10)22-15(24)14-11-8-19(2,3)25-9-13(11)27-16(14)23-17(22)20-21-18(23)26/h4-7H,8-9H2,1-3H3,(H,21,26). The van der Waals surface area contributed by atoms with Gasteiger partial charge in [-0.2, -0.15) is 0 Å². The van der Waals surface area contributed by atoms with E-state index < -0.39 is 0 Å². The fourth-order valence-electron chi connectivity index (χ4n) is 3.77. The van der Waals surface area contributed by atoms with Gasteiger partial charge in [0.1, 0.15) is 4.83 Å². The van der Waals surface area contributed by atoms with Crippen LogP contribution in [0.5, 0.6) is 0 Å². The Morgan fingerprint density at radius 1 is 1.33 bits per heavy atom. The van der Waals surface area contributed by atoms with Gasteiger partial charge in [-0.05, 0) is 50.2 Å². The number of fused-ring (bicyclic) bond motifs is 5. The topological polar surface area (TPSA) is 64.3 Å². The first-order chi connectivity index (χ1) is 12.9. The molecule has 6 nitrogen and oxygen atoms in total. The first kappa shape index (κ1) is 16.9. The molecule has 0 bridgehead atoms. The van der Waals surface area contributed by atoms with E-state index in [0.29, 0.717) is 23.6 Å². The van der Waals surface area contributed by atoms with Crippen LogP contribution in [-0.4, -0.2) is 24.8 Å². The van der Waals surface area contributed by atoms with Gasteiger partial charge in [-0.1, -0.05) is 18.2 Å². The normalized spacial score (nSPS) is 16.1. The number of nitrogens with one attached hydrogen (secondary N) is 1. The summed E-state index contributed by atoms with van der Waals surface area (Å²) in [4.78, 5) is 15.6. The highest BCUT2D eigenvalue weighted by atomic mass is 32.1. The average molecular weight is 399 g/mol. The van der Waals surface area contributed by atoms with Crippen molar-refractivity contribution in [2.75, 3.05) is 0 Å². The lowest BCUT2D eigenvalue weighted by Gasteiger charge is -2.29. The maximum absolute atomic E-state index is 13.7. The Hall–Kier alpha value is -2.29. The van der Waals surface area contributed by atoms with Gasteiger partial charge < -0.3 is 4.74 Å². The minimum Gasteiger partial charge on any atom is -0.370 e. The summed E-state index contributed by atoms with van der Waals surface area (Å²) in [5.41, 5.74) is 2.53. The first-order valence-corrected chi connectivity index (χ1v) is 9.96. The summed E-state index contributed by atoms with van der Waals surface area (Å²) in [6.45, 7) is 6.62. The second-order valence-electron chi connectivity index (χ2n) is 7.50. The van der Waals surface area contributed by atoms with E-state index in [1.165, 1.54) is 0 Å². The molecule has 4 aromatic rings. The number of aromatic amines is 1. The van der Waals surface area contributed by atoms with E-state index in [1.54, 1.807) is 15.9 Å². The van der Waals surface area contributed by atoms with Crippen LogP contribution in [0.25, 0.3) is 21.7 Å². The van der Waals surface area contributed by atoms with E-state index in [9.17, 15) is 4.79 Å². The van der Waals surface area contributed by atoms with Crippen LogP contribution < -0.4 is 5.56 Å². The summed E-state index contributed by atoms with van der Waals surface area (Å²) in [5, 5.41) is 7.94. The van der Waals surface area contributed by atoms with Gasteiger partial charge in [-0.25, -0.2) is 14.1 Å². The van der Waals surface area contributed by atoms with Gasteiger partial charge in [0.2, 0.25) is 10.5 Å². The molecule has 0 fully saturated rings. The van der Waals surface area contributed by atoms with Gasteiger partial charge in [0.25, 0.3) is 5.56 Å². The molecule has 0 atom stereocenters. The fourth-order valence-corrected chi connectivity index (χ4v) is 5.27. The number of H-pyrrole nitrogens is 1. The van der Waals surface area contributed by atoms with Crippen LogP contribution in [0.3, 0.4) is 0 Å². The predicted molar refractivity (Wildman–Crippen MR) is 109 cm³/mol. The molecule has 0 aliphatic carbocycles. The highest BCUT2D eigenvalue weighted by Gasteiger charge is 2.32. The quantitative estimate of drug-likeness (QED) is 0.494. The fraction of sp³-hybridized carbons (Fsp3) is 0.316. The van der Waals surface area contributed by atoms with Crippen molar-refractivity contribution in [1.29, 1.82) is 0 Å². The minimum absolute atomic E-state index is 0.0593. The first-order valence-electron chi connectivity index (χ1n) is 8.74. The lowest BCUT2D eigenvalue weighted by Crippen LogP contribution is -2.32. The van der Waals surface area contributed by atoms with E-state index in [0.717, 1.165) is 31.9 Å². The number of rotatable bonds is 1. The second kappa shape index (κ2) is 5.60. The van der Waals surface area contributed by atoms with Crippen molar-refractivity contribution in [3.63, 3.8) is 0 Å². The maximum atomic E-state index is 13.7. The Morgan fingerprint density at radius 2 is 2.11 bits per heavy atom. The lowest BCUT2D eigenvalue weighted by molar-refractivity contribution is -0.0379. The number of thiophene rings is 1. The van der Waals surface area contributed by atoms with Crippen molar-refractivity contribution in [2.45, 2.75) is 39.4 Å². The zero-order valence-electron chi connectivity index (χ0n) is 15.2. The van der Waals surface area contributed by atoms with Crippen LogP contribution in [0.4, 0.5) is 0 Å². The molecular weight excluding hydrogens is 380 g/mol. The summed E-state index contributed by atoms with van der Waals surface area (Å²) >= 11 is 7.06. The molecule has 1 aliphatic rings. The smallest absolute Gasteiger partial charge is 0.268 e. The van der Waals surface area contributed by atoms with Gasteiger partial charge in [0.15, 0.2) is 0 Å². The van der Waals surface area contributed by atoms with Gasteiger partial charge in [0, 0.05) is 11.3 Å². The highest BCUT2D eigenvalue weighted by Crippen LogP contribution is 2.38. The van der Waals surface area contributed by atoms with Crippen molar-refractivity contribution in [1.82, 2.24) is 19.2 Å². The summed E-state index contributed by atoms with van der Waals surface area (Å²) in [5.74, 6) is 0.505. The molecular formula is C19H18N4O2S2. The molecule has 0 amide bonds. The predicted octanol–water partition coefficient (Wildman–Crippen LogP) is 3.92. The number of nitrogens with zero attached hydrogens (tertiary/aromatic N) is 3. The molecule has 5 rings (SSSR count). The van der Waals surface area contributed by atoms with Crippen LogP contribution in [0, 0.1) is 11.7 Å². The molecule has 8 heteroatoms. The lowest BCUT2D eigenvalue weighted by atomic mass is 9.94. The van der Waals surface area contributed by atoms with Gasteiger partial charge in [-0.3, -0.25) is 4.79 Å². The zero-order valence-corrected chi connectivity index (χ0v) is 16.8. The molecule has 4 heterocycles. The monoisotopic (exact) mass is 398 g/mol. The SMILES string of the molecule is Cc1ccccc1-n1c(=O)c2c3c(sc2n2c(=S)[nH]nc12)COC(C)(C)C3. The Bertz CT molecular complexity index is 1340. The Morgan fingerprint density at radius 3 is 2.89 bits per heavy atom. The van der Waals surface area contributed by atoms with Crippen molar-refractivity contribution in [3.8, 4) is 5.69 Å². The van der Waals surface area contributed by atoms with Crippen molar-refractivity contribution in [3.05, 3.63) is 55.4 Å². The third kappa shape index (κ3) is 2.37.